The molecule has 1 fully saturated rings. The van der Waals surface area contributed by atoms with Crippen molar-refractivity contribution in [1.82, 2.24) is 10.3 Å². The van der Waals surface area contributed by atoms with Gasteiger partial charge in [0.1, 0.15) is 11.9 Å². The normalized spacial score (nSPS) is 18.9. The highest BCUT2D eigenvalue weighted by Gasteiger charge is 2.22. The SMILES string of the molecule is Cc1ccnc(N(CC2CCCNC2)C(C)C)c1C#N. The fraction of sp³-hybridized carbons (Fsp3) is 0.625. The van der Waals surface area contributed by atoms with Crippen molar-refractivity contribution < 1.29 is 0 Å². The maximum Gasteiger partial charge on any atom is 0.146 e. The van der Waals surface area contributed by atoms with Crippen molar-refractivity contribution in [2.24, 2.45) is 5.92 Å². The Bertz CT molecular complexity index is 484. The van der Waals surface area contributed by atoms with Gasteiger partial charge in [-0.25, -0.2) is 4.98 Å². The van der Waals surface area contributed by atoms with Crippen molar-refractivity contribution in [2.45, 2.75) is 39.7 Å². The third kappa shape index (κ3) is 3.29. The van der Waals surface area contributed by atoms with E-state index in [-0.39, 0.29) is 0 Å². The Morgan fingerprint density at radius 3 is 2.95 bits per heavy atom. The van der Waals surface area contributed by atoms with Crippen LogP contribution >= 0.6 is 0 Å². The molecule has 0 saturated carbocycles. The van der Waals surface area contributed by atoms with Gasteiger partial charge in [0.25, 0.3) is 0 Å². The smallest absolute Gasteiger partial charge is 0.146 e. The van der Waals surface area contributed by atoms with Gasteiger partial charge in [-0.1, -0.05) is 0 Å². The van der Waals surface area contributed by atoms with Gasteiger partial charge in [0.05, 0.1) is 5.56 Å². The molecule has 0 bridgehead atoms. The van der Waals surface area contributed by atoms with E-state index < -0.39 is 0 Å². The van der Waals surface area contributed by atoms with Crippen molar-refractivity contribution >= 4 is 5.82 Å². The van der Waals surface area contributed by atoms with E-state index in [1.54, 1.807) is 6.20 Å². The predicted octanol–water partition coefficient (Wildman–Crippen LogP) is 2.48. The zero-order chi connectivity index (χ0) is 14.5. The first kappa shape index (κ1) is 14.8. The Kier molecular flexibility index (Phi) is 4.97. The summed E-state index contributed by atoms with van der Waals surface area (Å²) in [6.45, 7) is 9.48. The third-order valence-electron chi connectivity index (χ3n) is 4.00. The summed E-state index contributed by atoms with van der Waals surface area (Å²) < 4.78 is 0. The van der Waals surface area contributed by atoms with Crippen LogP contribution in [0.3, 0.4) is 0 Å². The highest BCUT2D eigenvalue weighted by atomic mass is 15.2. The molecule has 4 heteroatoms. The molecule has 2 rings (SSSR count). The van der Waals surface area contributed by atoms with Crippen molar-refractivity contribution in [3.05, 3.63) is 23.4 Å². The van der Waals surface area contributed by atoms with E-state index in [4.69, 9.17) is 0 Å². The summed E-state index contributed by atoms with van der Waals surface area (Å²) in [5, 5.41) is 12.9. The monoisotopic (exact) mass is 272 g/mol. The quantitative estimate of drug-likeness (QED) is 0.915. The van der Waals surface area contributed by atoms with E-state index in [9.17, 15) is 5.26 Å². The summed E-state index contributed by atoms with van der Waals surface area (Å²) in [7, 11) is 0. The van der Waals surface area contributed by atoms with Crippen LogP contribution in [-0.4, -0.2) is 30.7 Å². The van der Waals surface area contributed by atoms with Gasteiger partial charge in [-0.15, -0.1) is 0 Å². The van der Waals surface area contributed by atoms with E-state index in [0.717, 1.165) is 31.0 Å². The number of rotatable bonds is 4. The van der Waals surface area contributed by atoms with Gasteiger partial charge in [0.2, 0.25) is 0 Å². The second kappa shape index (κ2) is 6.71. The lowest BCUT2D eigenvalue weighted by Crippen LogP contribution is -2.42. The summed E-state index contributed by atoms with van der Waals surface area (Å²) in [5.41, 5.74) is 1.72. The number of piperidine rings is 1. The third-order valence-corrected chi connectivity index (χ3v) is 4.00. The van der Waals surface area contributed by atoms with Gasteiger partial charge in [0, 0.05) is 18.8 Å². The van der Waals surface area contributed by atoms with Gasteiger partial charge in [-0.05, 0) is 64.3 Å². The average molecular weight is 272 g/mol. The van der Waals surface area contributed by atoms with Crippen LogP contribution in [0, 0.1) is 24.2 Å². The molecule has 4 nitrogen and oxygen atoms in total. The second-order valence-corrected chi connectivity index (χ2v) is 5.90. The first-order valence-corrected chi connectivity index (χ1v) is 7.46. The molecule has 0 radical (unpaired) electrons. The molecule has 108 valence electrons. The van der Waals surface area contributed by atoms with Crippen molar-refractivity contribution in [3.63, 3.8) is 0 Å². The molecule has 0 aromatic carbocycles. The predicted molar refractivity (Wildman–Crippen MR) is 81.8 cm³/mol. The zero-order valence-corrected chi connectivity index (χ0v) is 12.7. The summed E-state index contributed by atoms with van der Waals surface area (Å²) in [4.78, 5) is 6.76. The largest absolute Gasteiger partial charge is 0.353 e. The molecule has 1 aromatic heterocycles. The highest BCUT2D eigenvalue weighted by Crippen LogP contribution is 2.24. The van der Waals surface area contributed by atoms with Crippen LogP contribution in [-0.2, 0) is 0 Å². The molecule has 1 atom stereocenters. The number of pyridine rings is 1. The molecule has 1 N–H and O–H groups in total. The molecule has 1 aromatic rings. The van der Waals surface area contributed by atoms with Crippen LogP contribution < -0.4 is 10.2 Å². The molecule has 1 saturated heterocycles. The van der Waals surface area contributed by atoms with Gasteiger partial charge < -0.3 is 10.2 Å². The molecule has 20 heavy (non-hydrogen) atoms. The minimum atomic E-state index is 0.346. The minimum Gasteiger partial charge on any atom is -0.353 e. The number of hydrogen-bond acceptors (Lipinski definition) is 4. The van der Waals surface area contributed by atoms with Crippen LogP contribution in [0.2, 0.25) is 0 Å². The average Bonchev–Trinajstić information content (AvgIpc) is 2.45. The van der Waals surface area contributed by atoms with Crippen LogP contribution in [0.25, 0.3) is 0 Å². The molecule has 0 aliphatic carbocycles. The molecule has 0 amide bonds. The Morgan fingerprint density at radius 2 is 2.35 bits per heavy atom. The van der Waals surface area contributed by atoms with Crippen LogP contribution in [0.5, 0.6) is 0 Å². The van der Waals surface area contributed by atoms with Crippen molar-refractivity contribution in [2.75, 3.05) is 24.5 Å². The Labute approximate surface area is 121 Å². The van der Waals surface area contributed by atoms with Crippen molar-refractivity contribution in [3.8, 4) is 6.07 Å². The molecule has 1 aliphatic heterocycles. The number of aromatic nitrogens is 1. The highest BCUT2D eigenvalue weighted by molar-refractivity contribution is 5.57. The number of hydrogen-bond donors (Lipinski definition) is 1. The van der Waals surface area contributed by atoms with E-state index in [1.165, 1.54) is 12.8 Å². The van der Waals surface area contributed by atoms with E-state index in [1.807, 2.05) is 13.0 Å². The Morgan fingerprint density at radius 1 is 1.55 bits per heavy atom. The lowest BCUT2D eigenvalue weighted by molar-refractivity contribution is 0.370. The first-order chi connectivity index (χ1) is 9.63. The first-order valence-electron chi connectivity index (χ1n) is 7.46. The Balaban J connectivity index is 2.24. The molecule has 0 spiro atoms. The number of nitrogens with zero attached hydrogens (tertiary/aromatic N) is 3. The number of nitrogens with one attached hydrogen (secondary N) is 1. The van der Waals surface area contributed by atoms with E-state index in [2.05, 4.69) is 35.1 Å². The molecular formula is C16H24N4. The fourth-order valence-electron chi connectivity index (χ4n) is 2.80. The second-order valence-electron chi connectivity index (χ2n) is 5.90. The van der Waals surface area contributed by atoms with Gasteiger partial charge in [-0.3, -0.25) is 0 Å². The lowest BCUT2D eigenvalue weighted by Gasteiger charge is -2.34. The lowest BCUT2D eigenvalue weighted by atomic mass is 9.98. The van der Waals surface area contributed by atoms with Gasteiger partial charge in [-0.2, -0.15) is 5.26 Å². The van der Waals surface area contributed by atoms with Crippen LogP contribution in [0.4, 0.5) is 5.82 Å². The summed E-state index contributed by atoms with van der Waals surface area (Å²) in [6.07, 6.45) is 4.30. The summed E-state index contributed by atoms with van der Waals surface area (Å²) >= 11 is 0. The minimum absolute atomic E-state index is 0.346. The van der Waals surface area contributed by atoms with E-state index >= 15 is 0 Å². The van der Waals surface area contributed by atoms with Crippen LogP contribution in [0.15, 0.2) is 12.3 Å². The van der Waals surface area contributed by atoms with E-state index in [0.29, 0.717) is 17.5 Å². The maximum absolute atomic E-state index is 9.41. The summed E-state index contributed by atoms with van der Waals surface area (Å²) in [5.74, 6) is 1.48. The van der Waals surface area contributed by atoms with Gasteiger partial charge >= 0.3 is 0 Å². The molecule has 1 aliphatic rings. The number of aryl methyl sites for hydroxylation is 1. The Hall–Kier alpha value is -1.60. The zero-order valence-electron chi connectivity index (χ0n) is 12.7. The maximum atomic E-state index is 9.41. The molecule has 2 heterocycles. The molecular weight excluding hydrogens is 248 g/mol. The number of anilines is 1. The van der Waals surface area contributed by atoms with Crippen LogP contribution in [0.1, 0.15) is 37.8 Å². The van der Waals surface area contributed by atoms with Crippen molar-refractivity contribution in [1.29, 1.82) is 5.26 Å². The van der Waals surface area contributed by atoms with Gasteiger partial charge in [0.15, 0.2) is 0 Å². The fourth-order valence-corrected chi connectivity index (χ4v) is 2.80. The standard InChI is InChI=1S/C16H24N4/c1-12(2)20(11-14-5-4-7-18-10-14)16-15(9-17)13(3)6-8-19-16/h6,8,12,14,18H,4-5,7,10-11H2,1-3H3. The number of nitriles is 1. The summed E-state index contributed by atoms with van der Waals surface area (Å²) in [6, 6.07) is 4.57. The molecule has 1 unspecified atom stereocenters. The topological polar surface area (TPSA) is 52.0 Å².